The first-order valence-corrected chi connectivity index (χ1v) is 11.7. The lowest BCUT2D eigenvalue weighted by atomic mass is 10.0. The Hall–Kier alpha value is -2.18. The molecule has 0 saturated carbocycles. The molecule has 2 aromatic rings. The largest absolute Gasteiger partial charge is 0.573 e. The lowest BCUT2D eigenvalue weighted by Gasteiger charge is -2.32. The molecule has 1 fully saturated rings. The second-order valence-electron chi connectivity index (χ2n) is 6.87. The minimum absolute atomic E-state index is 0.300. The minimum Gasteiger partial charge on any atom is -0.406 e. The number of carbonyl (C=O) groups excluding carboxylic acids is 1. The molecule has 1 saturated heterocycles. The molecule has 2 heterocycles. The number of piperidine rings is 1. The van der Waals surface area contributed by atoms with Gasteiger partial charge in [-0.3, -0.25) is 4.79 Å². The molecule has 7 nitrogen and oxygen atoms in total. The molecule has 12 heteroatoms. The number of alkyl halides is 3. The summed E-state index contributed by atoms with van der Waals surface area (Å²) in [6.45, 7) is 0.314. The van der Waals surface area contributed by atoms with Crippen molar-refractivity contribution in [1.82, 2.24) is 9.29 Å². The molecular weight excluding hydrogens is 443 g/mol. The van der Waals surface area contributed by atoms with E-state index in [-0.39, 0.29) is 5.75 Å². The summed E-state index contributed by atoms with van der Waals surface area (Å²) in [4.78, 5) is 17.5. The highest BCUT2D eigenvalue weighted by Crippen LogP contribution is 2.26. The molecule has 1 amide bonds. The molecular formula is C18H20F3N3O4S2. The van der Waals surface area contributed by atoms with Crippen molar-refractivity contribution in [1.29, 1.82) is 0 Å². The van der Waals surface area contributed by atoms with E-state index in [2.05, 4.69) is 15.0 Å². The van der Waals surface area contributed by atoms with Gasteiger partial charge in [-0.2, -0.15) is 4.31 Å². The maximum atomic E-state index is 12.6. The van der Waals surface area contributed by atoms with E-state index >= 15 is 0 Å². The SMILES string of the molecule is CS(=O)(=O)N1CCCCC1C(=O)Nc1ncc(Cc2ccc(OC(F)(F)F)cc2)s1. The fraction of sp³-hybridized carbons (Fsp3) is 0.444. The molecule has 0 bridgehead atoms. The fourth-order valence-electron chi connectivity index (χ4n) is 3.21. The zero-order chi connectivity index (χ0) is 21.9. The van der Waals surface area contributed by atoms with Gasteiger partial charge < -0.3 is 10.1 Å². The van der Waals surface area contributed by atoms with E-state index in [0.717, 1.165) is 23.1 Å². The van der Waals surface area contributed by atoms with Crippen molar-refractivity contribution in [2.24, 2.45) is 0 Å². The molecule has 0 radical (unpaired) electrons. The van der Waals surface area contributed by atoms with E-state index < -0.39 is 28.3 Å². The third-order valence-electron chi connectivity index (χ3n) is 4.50. The molecule has 1 unspecified atom stereocenters. The van der Waals surface area contributed by atoms with E-state index in [0.29, 0.717) is 30.9 Å². The van der Waals surface area contributed by atoms with Crippen molar-refractivity contribution >= 4 is 32.4 Å². The highest BCUT2D eigenvalue weighted by molar-refractivity contribution is 7.88. The average Bonchev–Trinajstić information content (AvgIpc) is 3.08. The number of hydrogen-bond acceptors (Lipinski definition) is 6. The van der Waals surface area contributed by atoms with Gasteiger partial charge in [0.1, 0.15) is 11.8 Å². The number of nitrogens with zero attached hydrogens (tertiary/aromatic N) is 2. The molecule has 1 aromatic carbocycles. The number of hydrogen-bond donors (Lipinski definition) is 1. The molecule has 1 aliphatic heterocycles. The number of ether oxygens (including phenoxy) is 1. The third kappa shape index (κ3) is 6.16. The standard InChI is InChI=1S/C18H20F3N3O4S2/c1-30(26,27)24-9-3-2-4-15(24)16(25)23-17-22-11-14(29-17)10-12-5-7-13(8-6-12)28-18(19,20)21/h5-8,11,15H,2-4,9-10H2,1H3,(H,22,23,25). The Labute approximate surface area is 175 Å². The van der Waals surface area contributed by atoms with Crippen molar-refractivity contribution in [2.45, 2.75) is 38.1 Å². The van der Waals surface area contributed by atoms with Crippen molar-refractivity contribution in [2.75, 3.05) is 18.1 Å². The molecule has 164 valence electrons. The number of halogens is 3. The van der Waals surface area contributed by atoms with E-state index in [1.54, 1.807) is 6.20 Å². The zero-order valence-electron chi connectivity index (χ0n) is 16.0. The van der Waals surface area contributed by atoms with Crippen LogP contribution in [0, 0.1) is 0 Å². The topological polar surface area (TPSA) is 88.6 Å². The number of aromatic nitrogens is 1. The van der Waals surface area contributed by atoms with Crippen LogP contribution in [-0.2, 0) is 21.2 Å². The summed E-state index contributed by atoms with van der Waals surface area (Å²) >= 11 is 1.22. The number of thiazole rings is 1. The maximum Gasteiger partial charge on any atom is 0.573 e. The number of amides is 1. The lowest BCUT2D eigenvalue weighted by molar-refractivity contribution is -0.274. The molecule has 3 rings (SSSR count). The quantitative estimate of drug-likeness (QED) is 0.710. The van der Waals surface area contributed by atoms with E-state index in [9.17, 15) is 26.4 Å². The number of benzene rings is 1. The fourth-order valence-corrected chi connectivity index (χ4v) is 5.18. The number of rotatable bonds is 6. The second-order valence-corrected chi connectivity index (χ2v) is 9.93. The van der Waals surface area contributed by atoms with E-state index in [4.69, 9.17) is 0 Å². The predicted octanol–water partition coefficient (Wildman–Crippen LogP) is 3.39. The van der Waals surface area contributed by atoms with Gasteiger partial charge in [0.25, 0.3) is 0 Å². The van der Waals surface area contributed by atoms with Crippen LogP contribution in [0.15, 0.2) is 30.5 Å². The van der Waals surface area contributed by atoms with Gasteiger partial charge in [-0.1, -0.05) is 18.6 Å². The summed E-state index contributed by atoms with van der Waals surface area (Å²) in [7, 11) is -3.49. The van der Waals surface area contributed by atoms with Gasteiger partial charge in [0.05, 0.1) is 6.26 Å². The molecule has 1 N–H and O–H groups in total. The van der Waals surface area contributed by atoms with Gasteiger partial charge >= 0.3 is 6.36 Å². The Bertz CT molecular complexity index is 991. The maximum absolute atomic E-state index is 12.6. The number of anilines is 1. The summed E-state index contributed by atoms with van der Waals surface area (Å²) in [5, 5.41) is 3.01. The van der Waals surface area contributed by atoms with Gasteiger partial charge in [0.15, 0.2) is 5.13 Å². The van der Waals surface area contributed by atoms with E-state index in [1.165, 1.54) is 39.9 Å². The van der Waals surface area contributed by atoms with Crippen LogP contribution in [0.4, 0.5) is 18.3 Å². The number of nitrogens with one attached hydrogen (secondary N) is 1. The van der Waals surface area contributed by atoms with Gasteiger partial charge in [-0.25, -0.2) is 13.4 Å². The van der Waals surface area contributed by atoms with Crippen LogP contribution in [-0.4, -0.2) is 48.8 Å². The second kappa shape index (κ2) is 8.90. The van der Waals surface area contributed by atoms with Crippen LogP contribution in [0.2, 0.25) is 0 Å². The average molecular weight is 464 g/mol. The first-order valence-electron chi connectivity index (χ1n) is 9.08. The first kappa shape index (κ1) is 22.5. The van der Waals surface area contributed by atoms with Crippen LogP contribution in [0.1, 0.15) is 29.7 Å². The molecule has 1 aromatic heterocycles. The van der Waals surface area contributed by atoms with Crippen LogP contribution >= 0.6 is 11.3 Å². The highest BCUT2D eigenvalue weighted by atomic mass is 32.2. The van der Waals surface area contributed by atoms with Gasteiger partial charge in [0, 0.05) is 24.0 Å². The smallest absolute Gasteiger partial charge is 0.406 e. The Balaban J connectivity index is 1.61. The lowest BCUT2D eigenvalue weighted by Crippen LogP contribution is -2.49. The Morgan fingerprint density at radius 3 is 2.63 bits per heavy atom. The van der Waals surface area contributed by atoms with Crippen molar-refractivity contribution in [3.63, 3.8) is 0 Å². The highest BCUT2D eigenvalue weighted by Gasteiger charge is 2.34. The Kier molecular flexibility index (Phi) is 6.68. The van der Waals surface area contributed by atoms with Gasteiger partial charge in [-0.05, 0) is 30.5 Å². The minimum atomic E-state index is -4.74. The van der Waals surface area contributed by atoms with Crippen molar-refractivity contribution < 1.29 is 31.1 Å². The summed E-state index contributed by atoms with van der Waals surface area (Å²) in [6, 6.07) is 4.74. The number of sulfonamides is 1. The molecule has 30 heavy (non-hydrogen) atoms. The normalized spacial score (nSPS) is 18.2. The Morgan fingerprint density at radius 1 is 1.30 bits per heavy atom. The number of carbonyl (C=O) groups is 1. The Morgan fingerprint density at radius 2 is 2.00 bits per heavy atom. The van der Waals surface area contributed by atoms with Gasteiger partial charge in [-0.15, -0.1) is 24.5 Å². The van der Waals surface area contributed by atoms with Crippen molar-refractivity contribution in [3.05, 3.63) is 40.9 Å². The zero-order valence-corrected chi connectivity index (χ0v) is 17.6. The molecule has 1 aliphatic rings. The summed E-state index contributed by atoms with van der Waals surface area (Å²) in [5.41, 5.74) is 0.751. The van der Waals surface area contributed by atoms with Crippen LogP contribution in [0.3, 0.4) is 0 Å². The monoisotopic (exact) mass is 463 g/mol. The van der Waals surface area contributed by atoms with Crippen LogP contribution in [0.25, 0.3) is 0 Å². The summed E-state index contributed by atoms with van der Waals surface area (Å²) in [6.07, 6.45) is 0.257. The predicted molar refractivity (Wildman–Crippen MR) is 106 cm³/mol. The van der Waals surface area contributed by atoms with E-state index in [1.807, 2.05) is 0 Å². The summed E-state index contributed by atoms with van der Waals surface area (Å²) < 4.78 is 65.6. The van der Waals surface area contributed by atoms with Crippen molar-refractivity contribution in [3.8, 4) is 5.75 Å². The van der Waals surface area contributed by atoms with Gasteiger partial charge in [0.2, 0.25) is 15.9 Å². The first-order chi connectivity index (χ1) is 14.0. The molecule has 0 aliphatic carbocycles. The third-order valence-corrected chi connectivity index (χ3v) is 6.70. The molecule has 1 atom stereocenters. The summed E-state index contributed by atoms with van der Waals surface area (Å²) in [5.74, 6) is -0.721. The van der Waals surface area contributed by atoms with Crippen LogP contribution < -0.4 is 10.1 Å². The van der Waals surface area contributed by atoms with Crippen LogP contribution in [0.5, 0.6) is 5.75 Å². The molecule has 0 spiro atoms.